The summed E-state index contributed by atoms with van der Waals surface area (Å²) < 4.78 is 19.4. The largest absolute Gasteiger partial charge is 0.466 e. The minimum atomic E-state index is -0.478. The number of benzene rings is 2. The zero-order chi connectivity index (χ0) is 25.8. The molecule has 4 aromatic rings. The van der Waals surface area contributed by atoms with Gasteiger partial charge in [-0.1, -0.05) is 35.1 Å². The molecule has 37 heavy (non-hydrogen) atoms. The number of ether oxygens (including phenoxy) is 1. The monoisotopic (exact) mass is 540 g/mol. The molecule has 0 amide bonds. The Bertz CT molecular complexity index is 1390. The third-order valence-electron chi connectivity index (χ3n) is 6.19. The fourth-order valence-electron chi connectivity index (χ4n) is 4.27. The molecule has 1 fully saturated rings. The number of nitrogens with one attached hydrogen (secondary N) is 2. The fourth-order valence-corrected chi connectivity index (χ4v) is 5.33. The molecule has 0 unspecified atom stereocenters. The van der Waals surface area contributed by atoms with Gasteiger partial charge in [-0.25, -0.2) is 14.4 Å². The predicted octanol–water partition coefficient (Wildman–Crippen LogP) is 6.14. The number of hydrogen-bond acceptors (Lipinski definition) is 9. The summed E-state index contributed by atoms with van der Waals surface area (Å²) in [6.45, 7) is 4.90. The maximum Gasteiger partial charge on any atom is 0.309 e. The Kier molecular flexibility index (Phi) is 7.78. The number of carbonyl (C=O) groups excluding carboxylic acids is 1. The summed E-state index contributed by atoms with van der Waals surface area (Å²) in [5.74, 6) is 0.0425. The van der Waals surface area contributed by atoms with Crippen LogP contribution in [0, 0.1) is 11.7 Å². The number of anilines is 4. The molecule has 2 aromatic heterocycles. The van der Waals surface area contributed by atoms with Crippen molar-refractivity contribution in [2.45, 2.75) is 26.3 Å². The molecule has 1 aliphatic rings. The highest BCUT2D eigenvalue weighted by atomic mass is 35.5. The third kappa shape index (κ3) is 6.15. The molecule has 2 aromatic carbocycles. The minimum Gasteiger partial charge on any atom is -0.466 e. The van der Waals surface area contributed by atoms with Gasteiger partial charge in [0.15, 0.2) is 16.6 Å². The Morgan fingerprint density at radius 3 is 2.62 bits per heavy atom. The molecule has 8 nitrogen and oxygen atoms in total. The second-order valence-electron chi connectivity index (χ2n) is 8.77. The van der Waals surface area contributed by atoms with Gasteiger partial charge in [0.05, 0.1) is 17.5 Å². The van der Waals surface area contributed by atoms with Crippen LogP contribution in [0.5, 0.6) is 0 Å². The molecular formula is C26H26ClFN6O2S. The highest BCUT2D eigenvalue weighted by Crippen LogP contribution is 2.33. The number of halogens is 2. The number of carbonyl (C=O) groups is 1. The quantitative estimate of drug-likeness (QED) is 0.257. The molecule has 2 N–H and O–H groups in total. The smallest absolute Gasteiger partial charge is 0.309 e. The Hall–Kier alpha value is -3.34. The fraction of sp³-hybridized carbons (Fsp3) is 0.308. The summed E-state index contributed by atoms with van der Waals surface area (Å²) in [4.78, 5) is 27.5. The van der Waals surface area contributed by atoms with Gasteiger partial charge in [-0.3, -0.25) is 9.69 Å². The van der Waals surface area contributed by atoms with E-state index in [1.54, 1.807) is 6.07 Å². The summed E-state index contributed by atoms with van der Waals surface area (Å²) in [6, 6.07) is 12.7. The third-order valence-corrected chi connectivity index (χ3v) is 7.45. The lowest BCUT2D eigenvalue weighted by Gasteiger charge is -2.30. The molecule has 3 heterocycles. The van der Waals surface area contributed by atoms with Crippen LogP contribution < -0.4 is 10.6 Å². The summed E-state index contributed by atoms with van der Waals surface area (Å²) >= 11 is 7.32. The molecule has 1 saturated heterocycles. The summed E-state index contributed by atoms with van der Waals surface area (Å²) in [6.07, 6.45) is 3.11. The first-order valence-corrected chi connectivity index (χ1v) is 13.3. The van der Waals surface area contributed by atoms with E-state index in [2.05, 4.69) is 42.6 Å². The summed E-state index contributed by atoms with van der Waals surface area (Å²) in [5, 5.41) is 7.22. The molecule has 0 atom stereocenters. The minimum absolute atomic E-state index is 0.0190. The molecule has 192 valence electrons. The van der Waals surface area contributed by atoms with E-state index in [9.17, 15) is 9.18 Å². The van der Waals surface area contributed by atoms with Crippen molar-refractivity contribution in [3.05, 3.63) is 65.2 Å². The van der Waals surface area contributed by atoms with E-state index in [0.717, 1.165) is 42.9 Å². The summed E-state index contributed by atoms with van der Waals surface area (Å²) in [7, 11) is 0. The summed E-state index contributed by atoms with van der Waals surface area (Å²) in [5.41, 5.74) is 3.30. The van der Waals surface area contributed by atoms with E-state index in [4.69, 9.17) is 16.3 Å². The molecule has 0 bridgehead atoms. The van der Waals surface area contributed by atoms with Crippen LogP contribution >= 0.6 is 22.9 Å². The van der Waals surface area contributed by atoms with Crippen LogP contribution in [0.4, 0.5) is 26.7 Å². The normalized spacial score (nSPS) is 14.6. The number of piperidine rings is 1. The van der Waals surface area contributed by atoms with Gasteiger partial charge in [-0.15, -0.1) is 0 Å². The van der Waals surface area contributed by atoms with Crippen LogP contribution in [0.25, 0.3) is 10.3 Å². The van der Waals surface area contributed by atoms with Crippen molar-refractivity contribution in [3.8, 4) is 0 Å². The van der Waals surface area contributed by atoms with Crippen molar-refractivity contribution in [2.75, 3.05) is 30.3 Å². The Balaban J connectivity index is 1.21. The van der Waals surface area contributed by atoms with Crippen LogP contribution in [-0.2, 0) is 16.1 Å². The van der Waals surface area contributed by atoms with E-state index in [1.807, 2.05) is 19.1 Å². The highest BCUT2D eigenvalue weighted by molar-refractivity contribution is 7.22. The lowest BCUT2D eigenvalue weighted by molar-refractivity contribution is -0.149. The number of thiazole rings is 1. The maximum absolute atomic E-state index is 13.5. The van der Waals surface area contributed by atoms with E-state index < -0.39 is 5.82 Å². The molecule has 11 heteroatoms. The molecule has 0 saturated carbocycles. The van der Waals surface area contributed by atoms with Crippen molar-refractivity contribution in [1.29, 1.82) is 0 Å². The van der Waals surface area contributed by atoms with Gasteiger partial charge in [-0.2, -0.15) is 4.98 Å². The van der Waals surface area contributed by atoms with Crippen LogP contribution in [0.3, 0.4) is 0 Å². The Labute approximate surface area is 222 Å². The standard InChI is InChI=1S/C26H26ClFN6O2S/c1-2-36-25(35)17-9-11-34(12-10-17)14-16-3-5-18(6-4-16)32-26-33-24-22(37-26)23(29-15-30-24)31-19-7-8-21(28)20(27)13-19/h3-8,13,15,17H,2,9-12,14H2,1H3,(H2,29,30,31,32,33). The number of fused-ring (bicyclic) bond motifs is 1. The van der Waals surface area contributed by atoms with Gasteiger partial charge in [0.2, 0.25) is 0 Å². The van der Waals surface area contributed by atoms with Gasteiger partial charge in [0.25, 0.3) is 0 Å². The second kappa shape index (κ2) is 11.4. The zero-order valence-corrected chi connectivity index (χ0v) is 21.8. The first kappa shape index (κ1) is 25.3. The first-order valence-electron chi connectivity index (χ1n) is 12.1. The molecule has 5 rings (SSSR count). The van der Waals surface area contributed by atoms with Crippen LogP contribution in [0.2, 0.25) is 5.02 Å². The van der Waals surface area contributed by atoms with Gasteiger partial charge in [0.1, 0.15) is 16.8 Å². The van der Waals surface area contributed by atoms with Crippen LogP contribution in [-0.4, -0.2) is 45.5 Å². The molecule has 1 aliphatic heterocycles. The lowest BCUT2D eigenvalue weighted by atomic mass is 9.96. The first-order chi connectivity index (χ1) is 18.0. The molecule has 0 radical (unpaired) electrons. The average Bonchev–Trinajstić information content (AvgIpc) is 3.31. The van der Waals surface area contributed by atoms with E-state index >= 15 is 0 Å². The average molecular weight is 541 g/mol. The van der Waals surface area contributed by atoms with Crippen molar-refractivity contribution >= 4 is 61.6 Å². The number of aromatic nitrogens is 3. The van der Waals surface area contributed by atoms with Gasteiger partial charge >= 0.3 is 5.97 Å². The molecule has 0 aliphatic carbocycles. The van der Waals surface area contributed by atoms with Crippen molar-refractivity contribution in [3.63, 3.8) is 0 Å². The lowest BCUT2D eigenvalue weighted by Crippen LogP contribution is -2.36. The highest BCUT2D eigenvalue weighted by Gasteiger charge is 2.25. The van der Waals surface area contributed by atoms with E-state index in [0.29, 0.717) is 28.9 Å². The van der Waals surface area contributed by atoms with Crippen molar-refractivity contribution in [2.24, 2.45) is 5.92 Å². The predicted molar refractivity (Wildman–Crippen MR) is 144 cm³/mol. The van der Waals surface area contributed by atoms with E-state index in [-0.39, 0.29) is 16.9 Å². The Morgan fingerprint density at radius 2 is 1.89 bits per heavy atom. The molecular weight excluding hydrogens is 515 g/mol. The second-order valence-corrected chi connectivity index (χ2v) is 10.2. The van der Waals surface area contributed by atoms with Gasteiger partial charge in [0, 0.05) is 17.9 Å². The topological polar surface area (TPSA) is 92.3 Å². The Morgan fingerprint density at radius 1 is 1.14 bits per heavy atom. The zero-order valence-electron chi connectivity index (χ0n) is 20.2. The number of nitrogens with zero attached hydrogens (tertiary/aromatic N) is 4. The number of likely N-dealkylation sites (tertiary alicyclic amines) is 1. The number of hydrogen-bond donors (Lipinski definition) is 2. The maximum atomic E-state index is 13.5. The van der Waals surface area contributed by atoms with E-state index in [1.165, 1.54) is 35.4 Å². The number of rotatable bonds is 8. The van der Waals surface area contributed by atoms with Crippen LogP contribution in [0.15, 0.2) is 48.8 Å². The SMILES string of the molecule is CCOC(=O)C1CCN(Cc2ccc(Nc3nc4ncnc(Nc5ccc(F)c(Cl)c5)c4s3)cc2)CC1. The van der Waals surface area contributed by atoms with Gasteiger partial charge < -0.3 is 15.4 Å². The van der Waals surface area contributed by atoms with Gasteiger partial charge in [-0.05, 0) is 68.8 Å². The number of esters is 1. The van der Waals surface area contributed by atoms with Crippen molar-refractivity contribution in [1.82, 2.24) is 19.9 Å². The van der Waals surface area contributed by atoms with Crippen LogP contribution in [0.1, 0.15) is 25.3 Å². The molecule has 0 spiro atoms. The van der Waals surface area contributed by atoms with Crippen molar-refractivity contribution < 1.29 is 13.9 Å².